The number of urea groups is 1. The first-order valence-electron chi connectivity index (χ1n) is 5.68. The fourth-order valence-corrected chi connectivity index (χ4v) is 2.59. The third-order valence-corrected chi connectivity index (χ3v) is 3.84. The highest BCUT2D eigenvalue weighted by atomic mass is 79.9. The van der Waals surface area contributed by atoms with Crippen LogP contribution in [0.3, 0.4) is 0 Å². The number of aliphatic carboxylic acids is 1. The van der Waals surface area contributed by atoms with E-state index in [0.717, 1.165) is 4.47 Å². The second-order valence-corrected chi connectivity index (χ2v) is 6.20. The number of amides is 2. The van der Waals surface area contributed by atoms with Crippen molar-refractivity contribution in [2.45, 2.75) is 12.5 Å². The second-order valence-electron chi connectivity index (χ2n) is 3.89. The minimum absolute atomic E-state index is 0.359. The minimum atomic E-state index is -1.06. The van der Waals surface area contributed by atoms with E-state index in [0.29, 0.717) is 22.9 Å². The smallest absolute Gasteiger partial charge is 0.326 e. The number of hydrogen-bond acceptors (Lipinski definition) is 3. The normalized spacial score (nSPS) is 11.8. The summed E-state index contributed by atoms with van der Waals surface area (Å²) in [4.78, 5) is 22.8. The van der Waals surface area contributed by atoms with E-state index in [2.05, 4.69) is 26.6 Å². The SMILES string of the molecule is CSCC[C@@H](NC(=O)Nc1ccc(Br)cc1Cl)C(=O)O. The van der Waals surface area contributed by atoms with Crippen molar-refractivity contribution in [2.24, 2.45) is 0 Å². The second kappa shape index (κ2) is 8.39. The summed E-state index contributed by atoms with van der Waals surface area (Å²) >= 11 is 10.7. The highest BCUT2D eigenvalue weighted by Gasteiger charge is 2.19. The molecule has 0 unspecified atom stereocenters. The monoisotopic (exact) mass is 380 g/mol. The standard InChI is InChI=1S/C12H14BrClN2O3S/c1-20-5-4-10(11(17)18)16-12(19)15-9-3-2-7(13)6-8(9)14/h2-3,6,10H,4-5H2,1H3,(H,17,18)(H2,15,16,19)/t10-/m1/s1. The quantitative estimate of drug-likeness (QED) is 0.705. The van der Waals surface area contributed by atoms with E-state index < -0.39 is 18.0 Å². The Kier molecular flexibility index (Phi) is 7.18. The number of hydrogen-bond donors (Lipinski definition) is 3. The maximum atomic E-state index is 11.8. The van der Waals surface area contributed by atoms with E-state index >= 15 is 0 Å². The number of anilines is 1. The molecular formula is C12H14BrClN2O3S. The van der Waals surface area contributed by atoms with Gasteiger partial charge in [0.05, 0.1) is 10.7 Å². The first kappa shape index (κ1) is 17.1. The molecule has 0 saturated carbocycles. The Hall–Kier alpha value is -0.920. The topological polar surface area (TPSA) is 78.4 Å². The molecule has 20 heavy (non-hydrogen) atoms. The first-order valence-corrected chi connectivity index (χ1v) is 8.25. The van der Waals surface area contributed by atoms with Crippen molar-refractivity contribution < 1.29 is 14.7 Å². The van der Waals surface area contributed by atoms with Gasteiger partial charge in [-0.15, -0.1) is 0 Å². The van der Waals surface area contributed by atoms with E-state index in [1.165, 1.54) is 11.8 Å². The zero-order valence-electron chi connectivity index (χ0n) is 10.7. The Labute approximate surface area is 134 Å². The highest BCUT2D eigenvalue weighted by molar-refractivity contribution is 9.10. The van der Waals surface area contributed by atoms with E-state index in [1.807, 2.05) is 6.26 Å². The summed E-state index contributed by atoms with van der Waals surface area (Å²) < 4.78 is 0.789. The van der Waals surface area contributed by atoms with Gasteiger partial charge in [-0.25, -0.2) is 9.59 Å². The molecule has 0 aliphatic rings. The number of carboxylic acid groups (broad SMARTS) is 1. The molecule has 8 heteroatoms. The van der Waals surface area contributed by atoms with E-state index in [9.17, 15) is 9.59 Å². The van der Waals surface area contributed by atoms with Crippen LogP contribution in [-0.4, -0.2) is 35.2 Å². The van der Waals surface area contributed by atoms with E-state index in [1.54, 1.807) is 18.2 Å². The molecule has 0 aliphatic carbocycles. The van der Waals surface area contributed by atoms with E-state index in [-0.39, 0.29) is 0 Å². The summed E-state index contributed by atoms with van der Waals surface area (Å²) in [6.07, 6.45) is 2.23. The Bertz CT molecular complexity index is 502. The molecule has 5 nitrogen and oxygen atoms in total. The minimum Gasteiger partial charge on any atom is -0.480 e. The average Bonchev–Trinajstić information content (AvgIpc) is 2.37. The summed E-state index contributed by atoms with van der Waals surface area (Å²) in [6.45, 7) is 0. The van der Waals surface area contributed by atoms with Crippen LogP contribution in [0.25, 0.3) is 0 Å². The summed E-state index contributed by atoms with van der Waals surface area (Å²) in [5.74, 6) is -0.410. The average molecular weight is 382 g/mol. The number of benzene rings is 1. The lowest BCUT2D eigenvalue weighted by atomic mass is 10.2. The fourth-order valence-electron chi connectivity index (χ4n) is 1.40. The number of halogens is 2. The maximum absolute atomic E-state index is 11.8. The maximum Gasteiger partial charge on any atom is 0.326 e. The Morgan fingerprint density at radius 2 is 2.20 bits per heavy atom. The van der Waals surface area contributed by atoms with Gasteiger partial charge in [0.15, 0.2) is 0 Å². The van der Waals surface area contributed by atoms with Crippen molar-refractivity contribution in [1.29, 1.82) is 0 Å². The largest absolute Gasteiger partial charge is 0.480 e. The van der Waals surface area contributed by atoms with Crippen molar-refractivity contribution in [3.05, 3.63) is 27.7 Å². The van der Waals surface area contributed by atoms with Gasteiger partial charge in [0.2, 0.25) is 0 Å². The van der Waals surface area contributed by atoms with Gasteiger partial charge in [0.1, 0.15) is 6.04 Å². The molecule has 0 fully saturated rings. The van der Waals surface area contributed by atoms with Crippen LogP contribution in [0.15, 0.2) is 22.7 Å². The lowest BCUT2D eigenvalue weighted by Crippen LogP contribution is -2.43. The number of carboxylic acids is 1. The van der Waals surface area contributed by atoms with Crippen LogP contribution in [0.4, 0.5) is 10.5 Å². The van der Waals surface area contributed by atoms with Gasteiger partial charge in [-0.1, -0.05) is 27.5 Å². The molecule has 2 amide bonds. The van der Waals surface area contributed by atoms with Crippen LogP contribution in [-0.2, 0) is 4.79 Å². The van der Waals surface area contributed by atoms with Gasteiger partial charge in [0, 0.05) is 4.47 Å². The molecule has 1 rings (SSSR count). The molecule has 0 aliphatic heterocycles. The van der Waals surface area contributed by atoms with Gasteiger partial charge in [-0.2, -0.15) is 11.8 Å². The first-order chi connectivity index (χ1) is 9.43. The third kappa shape index (κ3) is 5.60. The van der Waals surface area contributed by atoms with Crippen molar-refractivity contribution >= 4 is 57.0 Å². The Morgan fingerprint density at radius 3 is 2.75 bits per heavy atom. The number of nitrogens with one attached hydrogen (secondary N) is 2. The number of thioether (sulfide) groups is 1. The molecule has 0 saturated heterocycles. The van der Waals surface area contributed by atoms with E-state index in [4.69, 9.17) is 16.7 Å². The third-order valence-electron chi connectivity index (χ3n) is 2.39. The van der Waals surface area contributed by atoms with Crippen LogP contribution in [0, 0.1) is 0 Å². The fraction of sp³-hybridized carbons (Fsp3) is 0.333. The molecule has 3 N–H and O–H groups in total. The predicted molar refractivity (Wildman–Crippen MR) is 85.7 cm³/mol. The molecule has 0 bridgehead atoms. The summed E-state index contributed by atoms with van der Waals surface area (Å²) in [7, 11) is 0. The predicted octanol–water partition coefficient (Wildman–Crippen LogP) is 3.43. The van der Waals surface area contributed by atoms with Crippen LogP contribution in [0.1, 0.15) is 6.42 Å². The Morgan fingerprint density at radius 1 is 1.50 bits per heavy atom. The van der Waals surface area contributed by atoms with Gasteiger partial charge in [-0.05, 0) is 36.6 Å². The molecule has 0 heterocycles. The molecule has 0 radical (unpaired) electrons. The summed E-state index contributed by atoms with van der Waals surface area (Å²) in [5.41, 5.74) is 0.418. The molecule has 1 aromatic rings. The Balaban J connectivity index is 2.63. The molecule has 0 aromatic heterocycles. The van der Waals surface area contributed by atoms with Gasteiger partial charge >= 0.3 is 12.0 Å². The number of carbonyl (C=O) groups excluding carboxylic acids is 1. The molecule has 110 valence electrons. The van der Waals surface area contributed by atoms with Gasteiger partial charge in [-0.3, -0.25) is 0 Å². The number of rotatable bonds is 6. The van der Waals surface area contributed by atoms with Gasteiger partial charge in [0.25, 0.3) is 0 Å². The van der Waals surface area contributed by atoms with Gasteiger partial charge < -0.3 is 15.7 Å². The number of carbonyl (C=O) groups is 2. The summed E-state index contributed by atoms with van der Waals surface area (Å²) in [6, 6.07) is 3.48. The molecular weight excluding hydrogens is 368 g/mol. The zero-order chi connectivity index (χ0) is 15.1. The summed E-state index contributed by atoms with van der Waals surface area (Å²) in [5, 5.41) is 14.3. The van der Waals surface area contributed by atoms with Crippen molar-refractivity contribution in [3.63, 3.8) is 0 Å². The van der Waals surface area contributed by atoms with Crippen LogP contribution in [0.2, 0.25) is 5.02 Å². The lowest BCUT2D eigenvalue weighted by Gasteiger charge is -2.15. The van der Waals surface area contributed by atoms with Crippen molar-refractivity contribution in [3.8, 4) is 0 Å². The highest BCUT2D eigenvalue weighted by Crippen LogP contribution is 2.25. The van der Waals surface area contributed by atoms with Crippen molar-refractivity contribution in [2.75, 3.05) is 17.3 Å². The molecule has 0 spiro atoms. The molecule has 1 aromatic carbocycles. The molecule has 1 atom stereocenters. The zero-order valence-corrected chi connectivity index (χ0v) is 13.8. The van der Waals surface area contributed by atoms with Crippen LogP contribution in [0.5, 0.6) is 0 Å². The van der Waals surface area contributed by atoms with Crippen molar-refractivity contribution in [1.82, 2.24) is 5.32 Å². The van der Waals surface area contributed by atoms with Crippen LogP contribution >= 0.6 is 39.3 Å². The lowest BCUT2D eigenvalue weighted by molar-refractivity contribution is -0.139. The van der Waals surface area contributed by atoms with Crippen LogP contribution < -0.4 is 10.6 Å².